The van der Waals surface area contributed by atoms with E-state index in [2.05, 4.69) is 15.6 Å². The molecule has 1 aromatic rings. The third-order valence-corrected chi connectivity index (χ3v) is 2.37. The Morgan fingerprint density at radius 3 is 2.60 bits per heavy atom. The second kappa shape index (κ2) is 6.85. The van der Waals surface area contributed by atoms with E-state index in [4.69, 9.17) is 9.84 Å². The number of nitrogens with one attached hydrogen (secondary N) is 2. The molecule has 0 saturated heterocycles. The van der Waals surface area contributed by atoms with E-state index in [1.54, 1.807) is 19.2 Å². The molecule has 0 atom stereocenters. The van der Waals surface area contributed by atoms with Crippen LogP contribution >= 0.6 is 0 Å². The zero-order chi connectivity index (χ0) is 15.2. The van der Waals surface area contributed by atoms with Gasteiger partial charge in [0.2, 0.25) is 0 Å². The number of anilines is 1. The summed E-state index contributed by atoms with van der Waals surface area (Å²) in [5, 5.41) is 14.0. The number of carbonyl (C=O) groups is 2. The van der Waals surface area contributed by atoms with Crippen LogP contribution in [-0.2, 0) is 16.0 Å². The molecule has 0 fully saturated rings. The van der Waals surface area contributed by atoms with Crippen molar-refractivity contribution in [3.8, 4) is 0 Å². The van der Waals surface area contributed by atoms with Crippen LogP contribution in [0.4, 0.5) is 10.5 Å². The van der Waals surface area contributed by atoms with Gasteiger partial charge in [0.15, 0.2) is 0 Å². The van der Waals surface area contributed by atoms with Crippen molar-refractivity contribution in [2.24, 2.45) is 0 Å². The van der Waals surface area contributed by atoms with Gasteiger partial charge in [0.25, 0.3) is 0 Å². The summed E-state index contributed by atoms with van der Waals surface area (Å²) in [5.74, 6) is -0.947. The third-order valence-electron chi connectivity index (χ3n) is 2.37. The summed E-state index contributed by atoms with van der Waals surface area (Å²) in [7, 11) is 1.56. The van der Waals surface area contributed by atoms with Gasteiger partial charge >= 0.3 is 12.0 Å². The topological polar surface area (TPSA) is 101 Å². The second-order valence-electron chi connectivity index (χ2n) is 5.00. The van der Waals surface area contributed by atoms with Crippen molar-refractivity contribution < 1.29 is 19.4 Å². The molecule has 0 spiro atoms. The van der Waals surface area contributed by atoms with Crippen LogP contribution in [0, 0.1) is 0 Å². The fraction of sp³-hybridized carbons (Fsp3) is 0.462. The van der Waals surface area contributed by atoms with Gasteiger partial charge in [-0.05, 0) is 26.0 Å². The molecule has 0 aliphatic heterocycles. The molecular weight excluding hydrogens is 262 g/mol. The van der Waals surface area contributed by atoms with Gasteiger partial charge in [-0.25, -0.2) is 4.79 Å². The molecule has 7 nitrogen and oxygen atoms in total. The number of carboxylic acid groups (broad SMARTS) is 1. The van der Waals surface area contributed by atoms with Crippen molar-refractivity contribution in [2.45, 2.75) is 25.8 Å². The average Bonchev–Trinajstić information content (AvgIpc) is 2.29. The summed E-state index contributed by atoms with van der Waals surface area (Å²) in [6.07, 6.45) is 1.27. The molecule has 0 aromatic carbocycles. The highest BCUT2D eigenvalue weighted by Gasteiger charge is 2.20. The van der Waals surface area contributed by atoms with E-state index < -0.39 is 11.5 Å². The standard InChI is InChI=1S/C13H19N3O4/c1-13(2,8-20-3)16-12(19)15-10-5-4-9(14-7-10)6-11(17)18/h4-5,7H,6,8H2,1-3H3,(H,17,18)(H2,15,16,19). The molecule has 110 valence electrons. The van der Waals surface area contributed by atoms with Gasteiger partial charge in [-0.3, -0.25) is 9.78 Å². The van der Waals surface area contributed by atoms with Crippen LogP contribution in [0.5, 0.6) is 0 Å². The van der Waals surface area contributed by atoms with Crippen LogP contribution in [0.1, 0.15) is 19.5 Å². The smallest absolute Gasteiger partial charge is 0.319 e. The Bertz CT molecular complexity index is 471. The Kier molecular flexibility index (Phi) is 5.45. The first-order valence-electron chi connectivity index (χ1n) is 6.07. The first kappa shape index (κ1) is 15.9. The lowest BCUT2D eigenvalue weighted by Crippen LogP contribution is -2.48. The van der Waals surface area contributed by atoms with Crippen molar-refractivity contribution >= 4 is 17.7 Å². The molecule has 1 aromatic heterocycles. The monoisotopic (exact) mass is 281 g/mol. The Labute approximate surface area is 117 Å². The minimum absolute atomic E-state index is 0.145. The van der Waals surface area contributed by atoms with Gasteiger partial charge in [-0.15, -0.1) is 0 Å². The number of hydrogen-bond donors (Lipinski definition) is 3. The number of aromatic nitrogens is 1. The quantitative estimate of drug-likeness (QED) is 0.728. The van der Waals surface area contributed by atoms with E-state index in [9.17, 15) is 9.59 Å². The molecule has 0 saturated carbocycles. The summed E-state index contributed by atoms with van der Waals surface area (Å²) < 4.78 is 5.00. The fourth-order valence-electron chi connectivity index (χ4n) is 1.62. The number of urea groups is 1. The maximum absolute atomic E-state index is 11.8. The van der Waals surface area contributed by atoms with E-state index in [0.717, 1.165) is 0 Å². The van der Waals surface area contributed by atoms with Crippen LogP contribution < -0.4 is 10.6 Å². The van der Waals surface area contributed by atoms with Crippen molar-refractivity contribution in [3.05, 3.63) is 24.0 Å². The molecule has 0 unspecified atom stereocenters. The Balaban J connectivity index is 2.56. The van der Waals surface area contributed by atoms with E-state index in [0.29, 0.717) is 18.0 Å². The fourth-order valence-corrected chi connectivity index (χ4v) is 1.62. The lowest BCUT2D eigenvalue weighted by Gasteiger charge is -2.25. The molecule has 0 aliphatic carbocycles. The van der Waals surface area contributed by atoms with Crippen LogP contribution in [-0.4, -0.2) is 41.3 Å². The van der Waals surface area contributed by atoms with E-state index in [1.807, 2.05) is 13.8 Å². The lowest BCUT2D eigenvalue weighted by molar-refractivity contribution is -0.136. The number of nitrogens with zero attached hydrogens (tertiary/aromatic N) is 1. The number of carboxylic acids is 1. The maximum Gasteiger partial charge on any atom is 0.319 e. The van der Waals surface area contributed by atoms with Gasteiger partial charge in [0.1, 0.15) is 0 Å². The van der Waals surface area contributed by atoms with E-state index in [-0.39, 0.29) is 12.5 Å². The van der Waals surface area contributed by atoms with Crippen LogP contribution in [0.15, 0.2) is 18.3 Å². The summed E-state index contributed by atoms with van der Waals surface area (Å²) in [5.41, 5.74) is 0.434. The summed E-state index contributed by atoms with van der Waals surface area (Å²) in [6.45, 7) is 4.06. The van der Waals surface area contributed by atoms with Crippen LogP contribution in [0.2, 0.25) is 0 Å². The number of amides is 2. The highest BCUT2D eigenvalue weighted by atomic mass is 16.5. The van der Waals surface area contributed by atoms with Crippen molar-refractivity contribution in [3.63, 3.8) is 0 Å². The second-order valence-corrected chi connectivity index (χ2v) is 5.00. The highest BCUT2D eigenvalue weighted by molar-refractivity contribution is 5.89. The van der Waals surface area contributed by atoms with E-state index in [1.165, 1.54) is 6.20 Å². The average molecular weight is 281 g/mol. The minimum Gasteiger partial charge on any atom is -0.481 e. The summed E-state index contributed by atoms with van der Waals surface area (Å²) >= 11 is 0. The van der Waals surface area contributed by atoms with E-state index >= 15 is 0 Å². The minimum atomic E-state index is -0.947. The number of aliphatic carboxylic acids is 1. The molecule has 1 rings (SSSR count). The van der Waals surface area contributed by atoms with Crippen LogP contribution in [0.25, 0.3) is 0 Å². The molecule has 7 heteroatoms. The first-order valence-corrected chi connectivity index (χ1v) is 6.07. The molecule has 0 bridgehead atoms. The lowest BCUT2D eigenvalue weighted by atomic mass is 10.1. The summed E-state index contributed by atoms with van der Waals surface area (Å²) in [4.78, 5) is 26.2. The van der Waals surface area contributed by atoms with Crippen molar-refractivity contribution in [1.82, 2.24) is 10.3 Å². The predicted octanol–water partition coefficient (Wildman–Crippen LogP) is 1.26. The normalized spacial score (nSPS) is 10.9. The molecule has 1 heterocycles. The molecule has 0 aliphatic rings. The molecule has 20 heavy (non-hydrogen) atoms. The number of carbonyl (C=O) groups excluding carboxylic acids is 1. The van der Waals surface area contributed by atoms with Gasteiger partial charge < -0.3 is 20.5 Å². The Hall–Kier alpha value is -2.15. The molecule has 2 amide bonds. The maximum atomic E-state index is 11.8. The molecule has 0 radical (unpaired) electrons. The number of ether oxygens (including phenoxy) is 1. The number of hydrogen-bond acceptors (Lipinski definition) is 4. The Morgan fingerprint density at radius 1 is 1.40 bits per heavy atom. The summed E-state index contributed by atoms with van der Waals surface area (Å²) in [6, 6.07) is 2.79. The number of pyridine rings is 1. The largest absolute Gasteiger partial charge is 0.481 e. The van der Waals surface area contributed by atoms with Crippen molar-refractivity contribution in [2.75, 3.05) is 19.0 Å². The van der Waals surface area contributed by atoms with Crippen molar-refractivity contribution in [1.29, 1.82) is 0 Å². The third kappa shape index (κ3) is 5.66. The van der Waals surface area contributed by atoms with Gasteiger partial charge in [-0.1, -0.05) is 0 Å². The van der Waals surface area contributed by atoms with Crippen LogP contribution in [0.3, 0.4) is 0 Å². The SMILES string of the molecule is COCC(C)(C)NC(=O)Nc1ccc(CC(=O)O)nc1. The molecular formula is C13H19N3O4. The van der Waals surface area contributed by atoms with Gasteiger partial charge in [0, 0.05) is 7.11 Å². The highest BCUT2D eigenvalue weighted by Crippen LogP contribution is 2.08. The predicted molar refractivity (Wildman–Crippen MR) is 73.7 cm³/mol. The first-order chi connectivity index (χ1) is 9.32. The zero-order valence-corrected chi connectivity index (χ0v) is 11.8. The van der Waals surface area contributed by atoms with Gasteiger partial charge in [0.05, 0.1) is 36.1 Å². The zero-order valence-electron chi connectivity index (χ0n) is 11.8. The van der Waals surface area contributed by atoms with Gasteiger partial charge in [-0.2, -0.15) is 0 Å². The number of rotatable bonds is 6. The Morgan fingerprint density at radius 2 is 2.10 bits per heavy atom. The molecule has 3 N–H and O–H groups in total. The number of methoxy groups -OCH3 is 1.